The van der Waals surface area contributed by atoms with E-state index < -0.39 is 0 Å². The van der Waals surface area contributed by atoms with Crippen LogP contribution in [0.4, 0.5) is 11.4 Å². The third-order valence-corrected chi connectivity index (χ3v) is 5.88. The Hall–Kier alpha value is -2.82. The van der Waals surface area contributed by atoms with Gasteiger partial charge in [0, 0.05) is 30.9 Å². The molecule has 5 nitrogen and oxygen atoms in total. The number of amides is 2. The average Bonchev–Trinajstić information content (AvgIpc) is 2.80. The maximum Gasteiger partial charge on any atom is 0.253 e. The van der Waals surface area contributed by atoms with Crippen molar-refractivity contribution in [1.29, 1.82) is 0 Å². The molecule has 2 N–H and O–H groups in total. The lowest BCUT2D eigenvalue weighted by Gasteiger charge is -2.31. The second-order valence-corrected chi connectivity index (χ2v) is 8.39. The zero-order valence-electron chi connectivity index (χ0n) is 18.8. The summed E-state index contributed by atoms with van der Waals surface area (Å²) in [6.07, 6.45) is 7.03. The summed E-state index contributed by atoms with van der Waals surface area (Å²) < 4.78 is 0. The van der Waals surface area contributed by atoms with Crippen molar-refractivity contribution >= 4 is 23.2 Å². The number of hydrogen-bond donors (Lipinski definition) is 2. The largest absolute Gasteiger partial charge is 0.371 e. The Kier molecular flexibility index (Phi) is 8.51. The molecule has 3 rings (SSSR count). The number of nitrogens with one attached hydrogen (secondary N) is 2. The maximum atomic E-state index is 13.3. The third kappa shape index (κ3) is 6.58. The molecule has 1 fully saturated rings. The maximum absolute atomic E-state index is 13.3. The van der Waals surface area contributed by atoms with Crippen LogP contribution in [0.1, 0.15) is 80.8 Å². The van der Waals surface area contributed by atoms with Gasteiger partial charge in [0.25, 0.3) is 5.91 Å². The number of piperidine rings is 1. The highest BCUT2D eigenvalue weighted by Crippen LogP contribution is 2.28. The Labute approximate surface area is 186 Å². The summed E-state index contributed by atoms with van der Waals surface area (Å²) in [7, 11) is 0. The molecule has 0 aromatic heterocycles. The number of anilines is 2. The second-order valence-electron chi connectivity index (χ2n) is 8.39. The summed E-state index contributed by atoms with van der Waals surface area (Å²) in [5.41, 5.74) is 3.31. The molecule has 31 heavy (non-hydrogen) atoms. The summed E-state index contributed by atoms with van der Waals surface area (Å²) in [5, 5.41) is 6.11. The number of carbonyl (C=O) groups excluding carboxylic acids is 2. The van der Waals surface area contributed by atoms with Gasteiger partial charge in [-0.25, -0.2) is 0 Å². The van der Waals surface area contributed by atoms with Crippen LogP contribution in [0.15, 0.2) is 48.5 Å². The fraction of sp³-hybridized carbons (Fsp3) is 0.462. The average molecular weight is 422 g/mol. The Morgan fingerprint density at radius 1 is 1.00 bits per heavy atom. The summed E-state index contributed by atoms with van der Waals surface area (Å²) in [6, 6.07) is 15.6. The van der Waals surface area contributed by atoms with Crippen LogP contribution in [0.2, 0.25) is 0 Å². The van der Waals surface area contributed by atoms with Crippen LogP contribution < -0.4 is 15.5 Å². The first kappa shape index (κ1) is 22.9. The minimum Gasteiger partial charge on any atom is -0.371 e. The molecule has 2 aromatic rings. The Morgan fingerprint density at radius 3 is 2.45 bits per heavy atom. The number of carbonyl (C=O) groups is 2. The van der Waals surface area contributed by atoms with Gasteiger partial charge in [0.1, 0.15) is 0 Å². The standard InChI is InChI=1S/C26H35N3O2/c1-3-4-7-14-25(30)28-22-15-16-24(29-17-10-6-11-18-29)23(19-22)26(31)27-20(2)21-12-8-5-9-13-21/h5,8-9,12-13,15-16,19-20H,3-4,6-7,10-11,14,17-18H2,1-2H3,(H,27,31)(H,28,30). The van der Waals surface area contributed by atoms with Crippen LogP contribution in [-0.2, 0) is 4.79 Å². The highest BCUT2D eigenvalue weighted by molar-refractivity contribution is 6.02. The van der Waals surface area contributed by atoms with Gasteiger partial charge in [-0.05, 0) is 56.4 Å². The van der Waals surface area contributed by atoms with Crippen LogP contribution in [0.3, 0.4) is 0 Å². The van der Waals surface area contributed by atoms with Crippen molar-refractivity contribution in [2.75, 3.05) is 23.3 Å². The molecule has 1 heterocycles. The normalized spacial score (nSPS) is 14.7. The summed E-state index contributed by atoms with van der Waals surface area (Å²) in [5.74, 6) is -0.109. The van der Waals surface area contributed by atoms with E-state index in [1.807, 2.05) is 55.5 Å². The lowest BCUT2D eigenvalue weighted by atomic mass is 10.0. The Morgan fingerprint density at radius 2 is 1.74 bits per heavy atom. The molecule has 0 bridgehead atoms. The van der Waals surface area contributed by atoms with Gasteiger partial charge in [0.2, 0.25) is 5.91 Å². The van der Waals surface area contributed by atoms with E-state index in [1.54, 1.807) is 0 Å². The molecule has 0 aliphatic carbocycles. The van der Waals surface area contributed by atoms with E-state index in [0.29, 0.717) is 17.7 Å². The fourth-order valence-corrected chi connectivity index (χ4v) is 4.06. The van der Waals surface area contributed by atoms with Crippen LogP contribution in [0.5, 0.6) is 0 Å². The van der Waals surface area contributed by atoms with Crippen LogP contribution in [-0.4, -0.2) is 24.9 Å². The van der Waals surface area contributed by atoms with Crippen molar-refractivity contribution in [2.24, 2.45) is 0 Å². The fourth-order valence-electron chi connectivity index (χ4n) is 4.06. The number of nitrogens with zero attached hydrogens (tertiary/aromatic N) is 1. The highest BCUT2D eigenvalue weighted by Gasteiger charge is 2.21. The van der Waals surface area contributed by atoms with E-state index >= 15 is 0 Å². The van der Waals surface area contributed by atoms with Gasteiger partial charge in [-0.15, -0.1) is 0 Å². The lowest BCUT2D eigenvalue weighted by molar-refractivity contribution is -0.116. The van der Waals surface area contributed by atoms with Crippen LogP contribution >= 0.6 is 0 Å². The van der Waals surface area contributed by atoms with E-state index in [9.17, 15) is 9.59 Å². The number of benzene rings is 2. The molecule has 0 spiro atoms. The quantitative estimate of drug-likeness (QED) is 0.512. The Balaban J connectivity index is 1.79. The molecule has 5 heteroatoms. The summed E-state index contributed by atoms with van der Waals surface area (Å²) >= 11 is 0. The van der Waals surface area contributed by atoms with E-state index in [4.69, 9.17) is 0 Å². The Bertz CT molecular complexity index is 860. The molecule has 2 amide bonds. The van der Waals surface area contributed by atoms with Crippen LogP contribution in [0, 0.1) is 0 Å². The highest BCUT2D eigenvalue weighted by atomic mass is 16.2. The van der Waals surface area contributed by atoms with Crippen molar-refractivity contribution in [3.63, 3.8) is 0 Å². The predicted molar refractivity (Wildman–Crippen MR) is 128 cm³/mol. The third-order valence-electron chi connectivity index (χ3n) is 5.88. The van der Waals surface area contributed by atoms with Gasteiger partial charge in [0.05, 0.1) is 11.6 Å². The van der Waals surface area contributed by atoms with E-state index in [-0.39, 0.29) is 17.9 Å². The zero-order chi connectivity index (χ0) is 22.1. The molecule has 0 saturated carbocycles. The minimum atomic E-state index is -0.112. The molecule has 1 aliphatic rings. The van der Waals surface area contributed by atoms with Gasteiger partial charge in [-0.1, -0.05) is 50.1 Å². The first-order chi connectivity index (χ1) is 15.1. The molecule has 166 valence electrons. The topological polar surface area (TPSA) is 61.4 Å². The van der Waals surface area contributed by atoms with E-state index in [0.717, 1.165) is 56.4 Å². The molecular formula is C26H35N3O2. The zero-order valence-corrected chi connectivity index (χ0v) is 18.8. The monoisotopic (exact) mass is 421 g/mol. The second kappa shape index (κ2) is 11.5. The summed E-state index contributed by atoms with van der Waals surface area (Å²) in [6.45, 7) is 6.03. The molecule has 1 saturated heterocycles. The van der Waals surface area contributed by atoms with Crippen molar-refractivity contribution in [3.8, 4) is 0 Å². The smallest absolute Gasteiger partial charge is 0.253 e. The van der Waals surface area contributed by atoms with Crippen molar-refractivity contribution in [3.05, 3.63) is 59.7 Å². The van der Waals surface area contributed by atoms with Crippen LogP contribution in [0.25, 0.3) is 0 Å². The van der Waals surface area contributed by atoms with Gasteiger partial charge in [0.15, 0.2) is 0 Å². The van der Waals surface area contributed by atoms with Gasteiger partial charge in [-0.3, -0.25) is 9.59 Å². The SMILES string of the molecule is CCCCCC(=O)Nc1ccc(N2CCCCC2)c(C(=O)NC(C)c2ccccc2)c1. The first-order valence-corrected chi connectivity index (χ1v) is 11.6. The molecular weight excluding hydrogens is 386 g/mol. The summed E-state index contributed by atoms with van der Waals surface area (Å²) in [4.78, 5) is 27.9. The van der Waals surface area contributed by atoms with Gasteiger partial charge < -0.3 is 15.5 Å². The number of unbranched alkanes of at least 4 members (excludes halogenated alkanes) is 2. The first-order valence-electron chi connectivity index (χ1n) is 11.6. The molecule has 2 aromatic carbocycles. The molecule has 1 aliphatic heterocycles. The number of hydrogen-bond acceptors (Lipinski definition) is 3. The minimum absolute atomic E-state index is 0.00295. The van der Waals surface area contributed by atoms with Crippen molar-refractivity contribution in [2.45, 2.75) is 64.8 Å². The number of rotatable bonds is 9. The molecule has 1 atom stereocenters. The molecule has 0 radical (unpaired) electrons. The predicted octanol–water partition coefficient (Wildman–Crippen LogP) is 5.69. The van der Waals surface area contributed by atoms with Crippen molar-refractivity contribution in [1.82, 2.24) is 5.32 Å². The van der Waals surface area contributed by atoms with Crippen molar-refractivity contribution < 1.29 is 9.59 Å². The lowest BCUT2D eigenvalue weighted by Crippen LogP contribution is -2.33. The van der Waals surface area contributed by atoms with Gasteiger partial charge in [-0.2, -0.15) is 0 Å². The van der Waals surface area contributed by atoms with E-state index in [2.05, 4.69) is 22.5 Å². The van der Waals surface area contributed by atoms with E-state index in [1.165, 1.54) is 6.42 Å². The molecule has 1 unspecified atom stereocenters. The van der Waals surface area contributed by atoms with Gasteiger partial charge >= 0.3 is 0 Å².